The van der Waals surface area contributed by atoms with Crippen LogP contribution < -0.4 is 11.1 Å². The summed E-state index contributed by atoms with van der Waals surface area (Å²) in [4.78, 5) is 4.65. The van der Waals surface area contributed by atoms with E-state index in [4.69, 9.17) is 5.73 Å². The van der Waals surface area contributed by atoms with E-state index >= 15 is 0 Å². The predicted octanol–water partition coefficient (Wildman–Crippen LogP) is 5.62. The fraction of sp³-hybridized carbons (Fsp3) is 0.391. The van der Waals surface area contributed by atoms with Crippen LogP contribution in [-0.4, -0.2) is 15.2 Å². The third kappa shape index (κ3) is 4.26. The molecule has 152 valence electrons. The van der Waals surface area contributed by atoms with Gasteiger partial charge in [0, 0.05) is 41.2 Å². The van der Waals surface area contributed by atoms with Crippen molar-refractivity contribution >= 4 is 17.2 Å². The molecule has 3 aromatic rings. The van der Waals surface area contributed by atoms with Crippen LogP contribution in [-0.2, 0) is 5.41 Å². The number of hydrogen-bond donors (Lipinski definition) is 3. The van der Waals surface area contributed by atoms with Gasteiger partial charge in [-0.1, -0.05) is 20.8 Å². The number of H-pyrrole nitrogens is 1. The van der Waals surface area contributed by atoms with Crippen molar-refractivity contribution in [2.24, 2.45) is 0 Å². The minimum absolute atomic E-state index is 0.122. The molecule has 4 rings (SSSR count). The van der Waals surface area contributed by atoms with E-state index in [-0.39, 0.29) is 11.2 Å². The second kappa shape index (κ2) is 7.50. The summed E-state index contributed by atoms with van der Waals surface area (Å²) in [5, 5.41) is 10.5. The summed E-state index contributed by atoms with van der Waals surface area (Å²) in [7, 11) is 0. The van der Waals surface area contributed by atoms with Gasteiger partial charge in [0.1, 0.15) is 5.82 Å². The van der Waals surface area contributed by atoms with Gasteiger partial charge in [-0.3, -0.25) is 10.1 Å². The first-order valence-electron chi connectivity index (χ1n) is 10.1. The van der Waals surface area contributed by atoms with E-state index in [0.717, 1.165) is 25.0 Å². The molecule has 1 saturated carbocycles. The van der Waals surface area contributed by atoms with Crippen molar-refractivity contribution in [1.82, 2.24) is 15.2 Å². The molecule has 5 nitrogen and oxygen atoms in total. The Morgan fingerprint density at radius 3 is 2.66 bits per heavy atom. The Bertz CT molecular complexity index is 1000. The molecule has 2 heterocycles. The van der Waals surface area contributed by atoms with Gasteiger partial charge in [0.2, 0.25) is 0 Å². The van der Waals surface area contributed by atoms with Gasteiger partial charge in [-0.2, -0.15) is 5.10 Å². The van der Waals surface area contributed by atoms with Crippen LogP contribution in [0, 0.1) is 5.82 Å². The van der Waals surface area contributed by atoms with Crippen molar-refractivity contribution in [3.63, 3.8) is 0 Å². The highest BCUT2D eigenvalue weighted by molar-refractivity contribution is 5.60. The molecule has 0 saturated heterocycles. The Labute approximate surface area is 170 Å². The molecule has 6 heteroatoms. The second-order valence-corrected chi connectivity index (χ2v) is 9.00. The number of rotatable bonds is 4. The van der Waals surface area contributed by atoms with Crippen molar-refractivity contribution < 1.29 is 4.39 Å². The minimum atomic E-state index is -0.389. The fourth-order valence-corrected chi connectivity index (χ4v) is 4.05. The third-order valence-corrected chi connectivity index (χ3v) is 5.79. The number of aromatic amines is 1. The van der Waals surface area contributed by atoms with Gasteiger partial charge in [-0.15, -0.1) is 0 Å². The quantitative estimate of drug-likeness (QED) is 0.503. The van der Waals surface area contributed by atoms with E-state index in [9.17, 15) is 4.39 Å². The molecule has 1 fully saturated rings. The highest BCUT2D eigenvalue weighted by Gasteiger charge is 2.30. The molecule has 2 aromatic heterocycles. The van der Waals surface area contributed by atoms with Gasteiger partial charge in [-0.25, -0.2) is 4.39 Å². The van der Waals surface area contributed by atoms with E-state index in [1.165, 1.54) is 17.3 Å². The normalized spacial score (nSPS) is 19.4. The maximum Gasteiger partial charge on any atom is 0.152 e. The lowest BCUT2D eigenvalue weighted by molar-refractivity contribution is 0.583. The van der Waals surface area contributed by atoms with E-state index in [0.29, 0.717) is 29.0 Å². The molecular weight excluding hydrogens is 365 g/mol. The SMILES string of the molecule is CC(C)(C)c1ccnc(C2CCC(c3cc(Nc4ccc(N)cc4F)n[nH]3)C2)c1. The van der Waals surface area contributed by atoms with Crippen LogP contribution in [0.5, 0.6) is 0 Å². The molecule has 1 aromatic carbocycles. The van der Waals surface area contributed by atoms with E-state index in [1.54, 1.807) is 12.1 Å². The van der Waals surface area contributed by atoms with E-state index in [2.05, 4.69) is 53.4 Å². The van der Waals surface area contributed by atoms with Crippen LogP contribution >= 0.6 is 0 Å². The van der Waals surface area contributed by atoms with Gasteiger partial charge >= 0.3 is 0 Å². The average Bonchev–Trinajstić information content (AvgIpc) is 3.33. The number of nitrogens with two attached hydrogens (primary N) is 1. The van der Waals surface area contributed by atoms with Crippen LogP contribution in [0.1, 0.15) is 68.8 Å². The van der Waals surface area contributed by atoms with E-state index in [1.807, 2.05) is 12.3 Å². The first-order valence-corrected chi connectivity index (χ1v) is 10.1. The Hall–Kier alpha value is -2.89. The Balaban J connectivity index is 1.45. The third-order valence-electron chi connectivity index (χ3n) is 5.79. The number of benzene rings is 1. The smallest absolute Gasteiger partial charge is 0.152 e. The molecule has 2 unspecified atom stereocenters. The van der Waals surface area contributed by atoms with Crippen molar-refractivity contribution in [3.05, 3.63) is 65.4 Å². The lowest BCUT2D eigenvalue weighted by Crippen LogP contribution is -2.12. The van der Waals surface area contributed by atoms with Crippen molar-refractivity contribution in [2.45, 2.75) is 57.3 Å². The molecule has 29 heavy (non-hydrogen) atoms. The topological polar surface area (TPSA) is 79.6 Å². The molecule has 0 spiro atoms. The van der Waals surface area contributed by atoms with E-state index < -0.39 is 0 Å². The van der Waals surface area contributed by atoms with Gasteiger partial charge in [0.25, 0.3) is 0 Å². The zero-order valence-electron chi connectivity index (χ0n) is 17.2. The van der Waals surface area contributed by atoms with Gasteiger partial charge in [0.05, 0.1) is 5.69 Å². The van der Waals surface area contributed by atoms with Crippen LogP contribution in [0.4, 0.5) is 21.6 Å². The number of pyridine rings is 1. The number of nitrogen functional groups attached to an aromatic ring is 1. The molecule has 0 bridgehead atoms. The molecule has 2 atom stereocenters. The van der Waals surface area contributed by atoms with Crippen LogP contribution in [0.3, 0.4) is 0 Å². The zero-order valence-corrected chi connectivity index (χ0v) is 17.2. The maximum atomic E-state index is 14.0. The maximum absolute atomic E-state index is 14.0. The number of nitrogens with zero attached hydrogens (tertiary/aromatic N) is 2. The molecule has 0 radical (unpaired) electrons. The Morgan fingerprint density at radius 2 is 1.90 bits per heavy atom. The summed E-state index contributed by atoms with van der Waals surface area (Å²) in [6.07, 6.45) is 5.17. The number of nitrogens with one attached hydrogen (secondary N) is 2. The summed E-state index contributed by atoms with van der Waals surface area (Å²) in [6.45, 7) is 6.69. The summed E-state index contributed by atoms with van der Waals surface area (Å²) < 4.78 is 14.0. The van der Waals surface area contributed by atoms with Gasteiger partial charge < -0.3 is 11.1 Å². The lowest BCUT2D eigenvalue weighted by atomic mass is 9.86. The molecule has 1 aliphatic carbocycles. The summed E-state index contributed by atoms with van der Waals surface area (Å²) in [5.41, 5.74) is 10.1. The average molecular weight is 394 g/mol. The van der Waals surface area contributed by atoms with Crippen molar-refractivity contribution in [2.75, 3.05) is 11.1 Å². The highest BCUT2D eigenvalue weighted by atomic mass is 19.1. The monoisotopic (exact) mass is 393 g/mol. The fourth-order valence-electron chi connectivity index (χ4n) is 4.05. The van der Waals surface area contributed by atoms with Crippen molar-refractivity contribution in [1.29, 1.82) is 0 Å². The predicted molar refractivity (Wildman–Crippen MR) is 115 cm³/mol. The van der Waals surface area contributed by atoms with Gasteiger partial charge in [-0.05, 0) is 60.6 Å². The van der Waals surface area contributed by atoms with Crippen LogP contribution in [0.15, 0.2) is 42.6 Å². The molecular formula is C23H28FN5. The molecule has 4 N–H and O–H groups in total. The van der Waals surface area contributed by atoms with Gasteiger partial charge in [0.15, 0.2) is 5.82 Å². The summed E-state index contributed by atoms with van der Waals surface area (Å²) >= 11 is 0. The summed E-state index contributed by atoms with van der Waals surface area (Å²) in [6, 6.07) is 10.9. The Kier molecular flexibility index (Phi) is 5.03. The number of anilines is 3. The largest absolute Gasteiger partial charge is 0.399 e. The molecule has 0 amide bonds. The Morgan fingerprint density at radius 1 is 1.10 bits per heavy atom. The second-order valence-electron chi connectivity index (χ2n) is 9.00. The number of halogens is 1. The first kappa shape index (κ1) is 19.4. The van der Waals surface area contributed by atoms with Crippen LogP contribution in [0.2, 0.25) is 0 Å². The number of hydrogen-bond acceptors (Lipinski definition) is 4. The van der Waals surface area contributed by atoms with Crippen LogP contribution in [0.25, 0.3) is 0 Å². The highest BCUT2D eigenvalue weighted by Crippen LogP contribution is 2.43. The lowest BCUT2D eigenvalue weighted by Gasteiger charge is -2.20. The minimum Gasteiger partial charge on any atom is -0.399 e. The zero-order chi connectivity index (χ0) is 20.6. The molecule has 1 aliphatic rings. The summed E-state index contributed by atoms with van der Waals surface area (Å²) in [5.74, 6) is 1.08. The first-order chi connectivity index (χ1) is 13.8. The standard InChI is InChI=1S/C23H28FN5/c1-23(2,3)16-8-9-26-20(11-16)14-4-5-15(10-14)21-13-22(29-28-21)27-19-7-6-17(25)12-18(19)24/h6-9,11-15H,4-5,10,25H2,1-3H3,(H2,27,28,29). The van der Waals surface area contributed by atoms with Crippen molar-refractivity contribution in [3.8, 4) is 0 Å². The number of aromatic nitrogens is 3. The molecule has 0 aliphatic heterocycles.